The van der Waals surface area contributed by atoms with Crippen molar-refractivity contribution in [1.29, 1.82) is 0 Å². The Morgan fingerprint density at radius 1 is 1.10 bits per heavy atom. The first kappa shape index (κ1) is 13.0. The predicted molar refractivity (Wildman–Crippen MR) is 80.0 cm³/mol. The molecular weight excluding hydrogens is 324 g/mol. The van der Waals surface area contributed by atoms with Crippen LogP contribution < -0.4 is 20.1 Å². The van der Waals surface area contributed by atoms with Crippen molar-refractivity contribution in [2.75, 3.05) is 30.9 Å². The first-order chi connectivity index (χ1) is 9.78. The van der Waals surface area contributed by atoms with Crippen LogP contribution in [-0.2, 0) is 0 Å². The molecule has 0 bridgehead atoms. The highest BCUT2D eigenvalue weighted by atomic mass is 79.9. The number of ether oxygens (including phenoxy) is 2. The third-order valence-electron chi connectivity index (χ3n) is 2.83. The minimum atomic E-state index is 0.567. The molecule has 1 aliphatic heterocycles. The van der Waals surface area contributed by atoms with Gasteiger partial charge in [-0.15, -0.1) is 0 Å². The Balaban J connectivity index is 1.88. The van der Waals surface area contributed by atoms with Crippen LogP contribution in [-0.4, -0.2) is 30.2 Å². The zero-order valence-electron chi connectivity index (χ0n) is 10.8. The van der Waals surface area contributed by atoms with E-state index in [0.717, 1.165) is 27.5 Å². The summed E-state index contributed by atoms with van der Waals surface area (Å²) in [5.74, 6) is 2.90. The smallest absolute Gasteiger partial charge is 0.163 e. The molecule has 0 amide bonds. The van der Waals surface area contributed by atoms with Crippen LogP contribution in [0.4, 0.5) is 17.3 Å². The molecule has 0 spiro atoms. The average molecular weight is 337 g/mol. The van der Waals surface area contributed by atoms with Gasteiger partial charge in [0, 0.05) is 18.8 Å². The topological polar surface area (TPSA) is 68.3 Å². The van der Waals surface area contributed by atoms with Gasteiger partial charge in [-0.1, -0.05) is 0 Å². The van der Waals surface area contributed by atoms with Crippen LogP contribution in [0.3, 0.4) is 0 Å². The van der Waals surface area contributed by atoms with Crippen LogP contribution in [0.15, 0.2) is 29.0 Å². The number of rotatable bonds is 3. The van der Waals surface area contributed by atoms with Gasteiger partial charge in [0.05, 0.1) is 0 Å². The van der Waals surface area contributed by atoms with E-state index in [2.05, 4.69) is 36.5 Å². The second-order valence-electron chi connectivity index (χ2n) is 4.12. The third-order valence-corrected chi connectivity index (χ3v) is 3.58. The fourth-order valence-corrected chi connectivity index (χ4v) is 2.39. The van der Waals surface area contributed by atoms with Crippen molar-refractivity contribution in [2.24, 2.45) is 0 Å². The zero-order chi connectivity index (χ0) is 13.9. The number of nitrogens with zero attached hydrogens (tertiary/aromatic N) is 2. The molecule has 1 aromatic heterocycles. The van der Waals surface area contributed by atoms with Crippen LogP contribution in [0, 0.1) is 0 Å². The summed E-state index contributed by atoms with van der Waals surface area (Å²) in [4.78, 5) is 8.33. The van der Waals surface area contributed by atoms with E-state index in [1.54, 1.807) is 7.05 Å². The van der Waals surface area contributed by atoms with Crippen LogP contribution in [0.1, 0.15) is 0 Å². The van der Waals surface area contributed by atoms with Crippen molar-refractivity contribution in [1.82, 2.24) is 9.97 Å². The van der Waals surface area contributed by atoms with Gasteiger partial charge in [-0.05, 0) is 28.1 Å². The summed E-state index contributed by atoms with van der Waals surface area (Å²) in [6.07, 6.45) is 1.50. The van der Waals surface area contributed by atoms with Gasteiger partial charge in [-0.25, -0.2) is 9.97 Å². The molecule has 2 aromatic rings. The monoisotopic (exact) mass is 336 g/mol. The number of halogens is 1. The van der Waals surface area contributed by atoms with Gasteiger partial charge >= 0.3 is 0 Å². The van der Waals surface area contributed by atoms with Crippen molar-refractivity contribution < 1.29 is 9.47 Å². The highest BCUT2D eigenvalue weighted by Gasteiger charge is 2.13. The summed E-state index contributed by atoms with van der Waals surface area (Å²) in [7, 11) is 1.81. The molecule has 0 fully saturated rings. The van der Waals surface area contributed by atoms with E-state index >= 15 is 0 Å². The standard InChI is InChI=1S/C13H13BrN4O2/c1-15-12-11(14)13(17-7-16-12)18-8-2-3-9-10(6-8)20-5-4-19-9/h2-3,6-7H,4-5H2,1H3,(H2,15,16,17,18). The lowest BCUT2D eigenvalue weighted by atomic mass is 10.2. The summed E-state index contributed by atoms with van der Waals surface area (Å²) in [5.41, 5.74) is 0.871. The molecule has 2 N–H and O–H groups in total. The molecule has 6 nitrogen and oxygen atoms in total. The molecule has 0 aliphatic carbocycles. The van der Waals surface area contributed by atoms with Crippen molar-refractivity contribution in [3.63, 3.8) is 0 Å². The second kappa shape index (κ2) is 5.54. The van der Waals surface area contributed by atoms with E-state index < -0.39 is 0 Å². The summed E-state index contributed by atoms with van der Waals surface area (Å²) in [5, 5.41) is 6.21. The van der Waals surface area contributed by atoms with Gasteiger partial charge in [-0.2, -0.15) is 0 Å². The lowest BCUT2D eigenvalue weighted by Crippen LogP contribution is -2.15. The van der Waals surface area contributed by atoms with Crippen molar-refractivity contribution in [2.45, 2.75) is 0 Å². The molecule has 7 heteroatoms. The Bertz CT molecular complexity index is 636. The van der Waals surface area contributed by atoms with Gasteiger partial charge in [0.1, 0.15) is 35.6 Å². The van der Waals surface area contributed by atoms with E-state index in [0.29, 0.717) is 19.0 Å². The molecular formula is C13H13BrN4O2. The number of anilines is 3. The number of hydrogen-bond donors (Lipinski definition) is 2. The number of hydrogen-bond acceptors (Lipinski definition) is 6. The van der Waals surface area contributed by atoms with Crippen LogP contribution in [0.2, 0.25) is 0 Å². The SMILES string of the molecule is CNc1ncnc(Nc2ccc3c(c2)OCCO3)c1Br. The van der Waals surface area contributed by atoms with E-state index in [-0.39, 0.29) is 0 Å². The van der Waals surface area contributed by atoms with E-state index in [1.807, 2.05) is 18.2 Å². The van der Waals surface area contributed by atoms with Crippen molar-refractivity contribution in [3.8, 4) is 11.5 Å². The number of benzene rings is 1. The summed E-state index contributed by atoms with van der Waals surface area (Å²) >= 11 is 3.47. The van der Waals surface area contributed by atoms with Crippen LogP contribution in [0.25, 0.3) is 0 Å². The molecule has 0 saturated carbocycles. The fraction of sp³-hybridized carbons (Fsp3) is 0.231. The quantitative estimate of drug-likeness (QED) is 0.898. The Morgan fingerprint density at radius 2 is 1.85 bits per heavy atom. The normalized spacial score (nSPS) is 12.9. The molecule has 0 saturated heterocycles. The first-order valence-corrected chi connectivity index (χ1v) is 6.92. The largest absolute Gasteiger partial charge is 0.486 e. The van der Waals surface area contributed by atoms with Crippen LogP contribution in [0.5, 0.6) is 11.5 Å². The summed E-state index contributed by atoms with van der Waals surface area (Å²) < 4.78 is 11.8. The van der Waals surface area contributed by atoms with Gasteiger partial charge in [0.2, 0.25) is 0 Å². The van der Waals surface area contributed by atoms with Crippen molar-refractivity contribution >= 4 is 33.3 Å². The van der Waals surface area contributed by atoms with Crippen molar-refractivity contribution in [3.05, 3.63) is 29.0 Å². The predicted octanol–water partition coefficient (Wildman–Crippen LogP) is 2.80. The lowest BCUT2D eigenvalue weighted by molar-refractivity contribution is 0.171. The maximum atomic E-state index is 5.56. The van der Waals surface area contributed by atoms with Gasteiger partial charge in [0.15, 0.2) is 11.5 Å². The highest BCUT2D eigenvalue weighted by molar-refractivity contribution is 9.10. The molecule has 0 unspecified atom stereocenters. The maximum Gasteiger partial charge on any atom is 0.163 e. The molecule has 1 aromatic carbocycles. The second-order valence-corrected chi connectivity index (χ2v) is 4.91. The molecule has 0 radical (unpaired) electrons. The third kappa shape index (κ3) is 2.49. The van der Waals surface area contributed by atoms with Gasteiger partial charge in [0.25, 0.3) is 0 Å². The number of nitrogens with one attached hydrogen (secondary N) is 2. The number of aromatic nitrogens is 2. The molecule has 0 atom stereocenters. The average Bonchev–Trinajstić information content (AvgIpc) is 2.49. The van der Waals surface area contributed by atoms with E-state index in [9.17, 15) is 0 Å². The molecule has 3 rings (SSSR count). The van der Waals surface area contributed by atoms with Gasteiger partial charge < -0.3 is 20.1 Å². The Morgan fingerprint density at radius 3 is 2.65 bits per heavy atom. The molecule has 2 heterocycles. The Hall–Kier alpha value is -2.02. The van der Waals surface area contributed by atoms with Gasteiger partial charge in [-0.3, -0.25) is 0 Å². The van der Waals surface area contributed by atoms with Crippen LogP contribution >= 0.6 is 15.9 Å². The van der Waals surface area contributed by atoms with E-state index in [1.165, 1.54) is 6.33 Å². The summed E-state index contributed by atoms with van der Waals surface area (Å²) in [6, 6.07) is 5.69. The minimum Gasteiger partial charge on any atom is -0.486 e. The van der Waals surface area contributed by atoms with E-state index in [4.69, 9.17) is 9.47 Å². The first-order valence-electron chi connectivity index (χ1n) is 6.13. The molecule has 20 heavy (non-hydrogen) atoms. The Labute approximate surface area is 124 Å². The fourth-order valence-electron chi connectivity index (χ4n) is 1.89. The minimum absolute atomic E-state index is 0.567. The number of fused-ring (bicyclic) bond motifs is 1. The Kier molecular flexibility index (Phi) is 3.60. The maximum absolute atomic E-state index is 5.56. The highest BCUT2D eigenvalue weighted by Crippen LogP contribution is 2.35. The summed E-state index contributed by atoms with van der Waals surface area (Å²) in [6.45, 7) is 1.15. The lowest BCUT2D eigenvalue weighted by Gasteiger charge is -2.19. The zero-order valence-corrected chi connectivity index (χ0v) is 12.4. The molecule has 104 valence electrons. The molecule has 1 aliphatic rings.